The Kier molecular flexibility index (Phi) is 4.35. The van der Waals surface area contributed by atoms with E-state index in [0.717, 1.165) is 18.7 Å². The number of amides is 1. The SMILES string of the molecule is CC(Sc1n[nH]c(C2CC2)n1)C(=O)Nc1ccc(F)c(Cl)c1. The lowest BCUT2D eigenvalue weighted by Gasteiger charge is -2.10. The molecule has 0 saturated heterocycles. The smallest absolute Gasteiger partial charge is 0.237 e. The molecule has 1 amide bonds. The zero-order valence-electron chi connectivity index (χ0n) is 11.8. The Hall–Kier alpha value is -1.60. The zero-order chi connectivity index (χ0) is 15.7. The number of H-pyrrole nitrogens is 1. The van der Waals surface area contributed by atoms with Crippen LogP contribution in [0.4, 0.5) is 10.1 Å². The van der Waals surface area contributed by atoms with Gasteiger partial charge in [-0.15, -0.1) is 5.10 Å². The maximum atomic E-state index is 13.1. The molecule has 8 heteroatoms. The lowest BCUT2D eigenvalue weighted by molar-refractivity contribution is -0.115. The molecule has 0 aliphatic heterocycles. The lowest BCUT2D eigenvalue weighted by atomic mass is 10.3. The second-order valence-corrected chi connectivity index (χ2v) is 6.87. The number of thioether (sulfide) groups is 1. The molecule has 1 heterocycles. The number of aromatic nitrogens is 3. The average Bonchev–Trinajstić information content (AvgIpc) is 3.23. The summed E-state index contributed by atoms with van der Waals surface area (Å²) in [4.78, 5) is 16.5. The second-order valence-electron chi connectivity index (χ2n) is 5.16. The molecule has 1 aromatic carbocycles. The van der Waals surface area contributed by atoms with Gasteiger partial charge in [-0.05, 0) is 38.0 Å². The molecule has 1 aliphatic rings. The molecule has 5 nitrogen and oxygen atoms in total. The number of benzene rings is 1. The predicted octanol–water partition coefficient (Wildman–Crippen LogP) is 3.59. The van der Waals surface area contributed by atoms with Crippen LogP contribution in [0.1, 0.15) is 31.5 Å². The number of nitrogens with one attached hydrogen (secondary N) is 2. The maximum Gasteiger partial charge on any atom is 0.237 e. The number of nitrogens with zero attached hydrogens (tertiary/aromatic N) is 2. The molecule has 22 heavy (non-hydrogen) atoms. The highest BCUT2D eigenvalue weighted by Crippen LogP contribution is 2.38. The van der Waals surface area contributed by atoms with Gasteiger partial charge in [0, 0.05) is 11.6 Å². The van der Waals surface area contributed by atoms with Crippen molar-refractivity contribution in [2.45, 2.75) is 36.1 Å². The minimum absolute atomic E-state index is 0.0267. The summed E-state index contributed by atoms with van der Waals surface area (Å²) in [5, 5.41) is 9.85. The molecule has 2 N–H and O–H groups in total. The van der Waals surface area contributed by atoms with Crippen LogP contribution in [-0.2, 0) is 4.79 Å². The topological polar surface area (TPSA) is 70.7 Å². The number of halogens is 2. The van der Waals surface area contributed by atoms with E-state index in [4.69, 9.17) is 11.6 Å². The van der Waals surface area contributed by atoms with Crippen LogP contribution in [0, 0.1) is 5.82 Å². The predicted molar refractivity (Wildman–Crippen MR) is 83.7 cm³/mol. The first kappa shape index (κ1) is 15.3. The van der Waals surface area contributed by atoms with Gasteiger partial charge in [-0.2, -0.15) is 0 Å². The molecule has 116 valence electrons. The summed E-state index contributed by atoms with van der Waals surface area (Å²) in [5.74, 6) is 0.647. The van der Waals surface area contributed by atoms with Crippen molar-refractivity contribution in [3.05, 3.63) is 34.9 Å². The molecular weight excluding hydrogens is 327 g/mol. The molecule has 0 spiro atoms. The van der Waals surface area contributed by atoms with Crippen LogP contribution >= 0.6 is 23.4 Å². The fraction of sp³-hybridized carbons (Fsp3) is 0.357. The summed E-state index contributed by atoms with van der Waals surface area (Å²) < 4.78 is 13.1. The monoisotopic (exact) mass is 340 g/mol. The van der Waals surface area contributed by atoms with Gasteiger partial charge in [0.1, 0.15) is 11.6 Å². The van der Waals surface area contributed by atoms with Crippen molar-refractivity contribution in [1.29, 1.82) is 0 Å². The summed E-state index contributed by atoms with van der Waals surface area (Å²) >= 11 is 6.96. The molecule has 1 saturated carbocycles. The molecule has 3 rings (SSSR count). The Balaban J connectivity index is 1.59. The molecule has 0 bridgehead atoms. The Labute approximate surface area is 136 Å². The quantitative estimate of drug-likeness (QED) is 0.816. The number of anilines is 1. The van der Waals surface area contributed by atoms with E-state index in [2.05, 4.69) is 20.5 Å². The van der Waals surface area contributed by atoms with Crippen LogP contribution < -0.4 is 5.32 Å². The van der Waals surface area contributed by atoms with Gasteiger partial charge in [-0.3, -0.25) is 9.89 Å². The molecular formula is C14H14ClFN4OS. The van der Waals surface area contributed by atoms with Crippen molar-refractivity contribution in [1.82, 2.24) is 15.2 Å². The Morgan fingerprint density at radius 1 is 1.55 bits per heavy atom. The molecule has 2 aromatic rings. The minimum Gasteiger partial charge on any atom is -0.325 e. The van der Waals surface area contributed by atoms with E-state index < -0.39 is 5.82 Å². The van der Waals surface area contributed by atoms with E-state index >= 15 is 0 Å². The first-order chi connectivity index (χ1) is 10.5. The fourth-order valence-electron chi connectivity index (χ4n) is 1.88. The van der Waals surface area contributed by atoms with Crippen LogP contribution in [0.2, 0.25) is 5.02 Å². The number of carbonyl (C=O) groups is 1. The summed E-state index contributed by atoms with van der Waals surface area (Å²) in [6.07, 6.45) is 2.28. The fourth-order valence-corrected chi connectivity index (χ4v) is 2.79. The van der Waals surface area contributed by atoms with E-state index in [-0.39, 0.29) is 16.2 Å². The van der Waals surface area contributed by atoms with Crippen LogP contribution in [-0.4, -0.2) is 26.3 Å². The van der Waals surface area contributed by atoms with E-state index in [1.807, 2.05) is 0 Å². The molecule has 1 unspecified atom stereocenters. The minimum atomic E-state index is -0.518. The van der Waals surface area contributed by atoms with Crippen molar-refractivity contribution >= 4 is 35.0 Å². The third-order valence-corrected chi connectivity index (χ3v) is 4.54. The summed E-state index contributed by atoms with van der Waals surface area (Å²) in [5.41, 5.74) is 0.456. The molecule has 0 radical (unpaired) electrons. The van der Waals surface area contributed by atoms with Gasteiger partial charge in [0.2, 0.25) is 11.1 Å². The standard InChI is InChI=1S/C14H14ClFN4OS/c1-7(22-14-18-12(19-20-14)8-2-3-8)13(21)17-9-4-5-11(16)10(15)6-9/h4-8H,2-3H2,1H3,(H,17,21)(H,18,19,20). The number of hydrogen-bond donors (Lipinski definition) is 2. The third kappa shape index (κ3) is 3.59. The summed E-state index contributed by atoms with van der Waals surface area (Å²) in [6.45, 7) is 1.76. The van der Waals surface area contributed by atoms with E-state index in [9.17, 15) is 9.18 Å². The number of aromatic amines is 1. The van der Waals surface area contributed by atoms with E-state index in [1.54, 1.807) is 6.92 Å². The van der Waals surface area contributed by atoms with Crippen molar-refractivity contribution in [3.8, 4) is 0 Å². The van der Waals surface area contributed by atoms with Crippen LogP contribution in [0.15, 0.2) is 23.4 Å². The van der Waals surface area contributed by atoms with Crippen LogP contribution in [0.3, 0.4) is 0 Å². The Morgan fingerprint density at radius 2 is 2.32 bits per heavy atom. The van der Waals surface area contributed by atoms with Crippen molar-refractivity contribution in [3.63, 3.8) is 0 Å². The maximum absolute atomic E-state index is 13.1. The van der Waals surface area contributed by atoms with Crippen molar-refractivity contribution in [2.24, 2.45) is 0 Å². The zero-order valence-corrected chi connectivity index (χ0v) is 13.3. The van der Waals surface area contributed by atoms with Gasteiger partial charge in [-0.25, -0.2) is 9.37 Å². The van der Waals surface area contributed by atoms with Gasteiger partial charge >= 0.3 is 0 Å². The molecule has 1 aromatic heterocycles. The van der Waals surface area contributed by atoms with Crippen LogP contribution in [0.25, 0.3) is 0 Å². The van der Waals surface area contributed by atoms with Gasteiger partial charge in [0.25, 0.3) is 0 Å². The van der Waals surface area contributed by atoms with Gasteiger partial charge in [-0.1, -0.05) is 23.4 Å². The van der Waals surface area contributed by atoms with Crippen molar-refractivity contribution in [2.75, 3.05) is 5.32 Å². The third-order valence-electron chi connectivity index (χ3n) is 3.28. The van der Waals surface area contributed by atoms with Gasteiger partial charge < -0.3 is 5.32 Å². The first-order valence-electron chi connectivity index (χ1n) is 6.88. The molecule has 1 atom stereocenters. The van der Waals surface area contributed by atoms with Crippen molar-refractivity contribution < 1.29 is 9.18 Å². The highest BCUT2D eigenvalue weighted by atomic mass is 35.5. The normalized spacial score (nSPS) is 15.6. The van der Waals surface area contributed by atoms with E-state index in [1.165, 1.54) is 30.0 Å². The largest absolute Gasteiger partial charge is 0.325 e. The Morgan fingerprint density at radius 3 is 3.00 bits per heavy atom. The Bertz CT molecular complexity index is 704. The highest BCUT2D eigenvalue weighted by Gasteiger charge is 2.27. The highest BCUT2D eigenvalue weighted by molar-refractivity contribution is 8.00. The summed E-state index contributed by atoms with van der Waals surface area (Å²) in [7, 11) is 0. The van der Waals surface area contributed by atoms with Gasteiger partial charge in [0.05, 0.1) is 10.3 Å². The summed E-state index contributed by atoms with van der Waals surface area (Å²) in [6, 6.07) is 4.06. The number of hydrogen-bond acceptors (Lipinski definition) is 4. The first-order valence-corrected chi connectivity index (χ1v) is 8.13. The number of rotatable bonds is 5. The molecule has 1 aliphatic carbocycles. The second kappa shape index (κ2) is 6.26. The lowest BCUT2D eigenvalue weighted by Crippen LogP contribution is -2.22. The van der Waals surface area contributed by atoms with Gasteiger partial charge in [0.15, 0.2) is 0 Å². The van der Waals surface area contributed by atoms with Crippen LogP contribution in [0.5, 0.6) is 0 Å². The molecule has 1 fully saturated rings. The number of carbonyl (C=O) groups excluding carboxylic acids is 1. The average molecular weight is 341 g/mol. The van der Waals surface area contributed by atoms with E-state index in [0.29, 0.717) is 16.8 Å².